The topological polar surface area (TPSA) is 88.8 Å². The molecule has 2 aromatic carbocycles. The third-order valence-electron chi connectivity index (χ3n) is 3.63. The molecule has 0 bridgehead atoms. The van der Waals surface area contributed by atoms with E-state index in [9.17, 15) is 14.7 Å². The van der Waals surface area contributed by atoms with Gasteiger partial charge in [0.2, 0.25) is 0 Å². The Kier molecular flexibility index (Phi) is 7.61. The number of nitrogens with one attached hydrogen (secondary N) is 1. The Bertz CT molecular complexity index is 998. The summed E-state index contributed by atoms with van der Waals surface area (Å²) in [6.07, 6.45) is 3.05. The molecule has 0 radical (unpaired) electrons. The smallest absolute Gasteiger partial charge is 1.00 e. The normalized spacial score (nSPS) is 10.1. The molecule has 0 aliphatic rings. The van der Waals surface area contributed by atoms with Crippen molar-refractivity contribution >= 4 is 40.8 Å². The number of halogens is 2. The van der Waals surface area contributed by atoms with Crippen LogP contribution >= 0.6 is 23.2 Å². The van der Waals surface area contributed by atoms with Crippen LogP contribution in [0.15, 0.2) is 59.4 Å². The number of anilines is 1. The van der Waals surface area contributed by atoms with E-state index in [0.29, 0.717) is 10.8 Å². The number of furan rings is 1. The van der Waals surface area contributed by atoms with E-state index in [0.717, 1.165) is 5.56 Å². The summed E-state index contributed by atoms with van der Waals surface area (Å²) in [7, 11) is 0. The first-order valence-electron chi connectivity index (χ1n) is 7.71. The Morgan fingerprint density at radius 3 is 2.54 bits per heavy atom. The van der Waals surface area contributed by atoms with Gasteiger partial charge in [-0.25, -0.2) is 4.79 Å². The van der Waals surface area contributed by atoms with Gasteiger partial charge in [0, 0.05) is 10.6 Å². The molecule has 1 amide bonds. The number of carbonyl (C=O) groups is 2. The predicted octanol–water partition coefficient (Wildman–Crippen LogP) is 2.23. The predicted molar refractivity (Wildman–Crippen MR) is 102 cm³/mol. The number of rotatable bonds is 6. The van der Waals surface area contributed by atoms with Gasteiger partial charge < -0.3 is 21.0 Å². The van der Waals surface area contributed by atoms with Crippen LogP contribution in [0.2, 0.25) is 10.0 Å². The van der Waals surface area contributed by atoms with Crippen molar-refractivity contribution in [1.82, 2.24) is 0 Å². The van der Waals surface area contributed by atoms with Gasteiger partial charge in [-0.15, -0.1) is 0 Å². The van der Waals surface area contributed by atoms with Gasteiger partial charge in [-0.05, 0) is 42.5 Å². The van der Waals surface area contributed by atoms with Gasteiger partial charge in [0.05, 0.1) is 34.4 Å². The van der Waals surface area contributed by atoms with Crippen molar-refractivity contribution in [3.05, 3.63) is 81.7 Å². The first kappa shape index (κ1) is 21.9. The molecule has 3 aromatic rings. The molecule has 0 atom stereocenters. The van der Waals surface area contributed by atoms with E-state index in [1.54, 1.807) is 12.1 Å². The second-order valence-corrected chi connectivity index (χ2v) is 6.35. The molecule has 1 aromatic heterocycles. The third-order valence-corrected chi connectivity index (χ3v) is 4.18. The summed E-state index contributed by atoms with van der Waals surface area (Å²) in [4.78, 5) is 24.0. The second kappa shape index (κ2) is 9.72. The summed E-state index contributed by atoms with van der Waals surface area (Å²) in [5.41, 5.74) is 0.992. The maximum atomic E-state index is 12.4. The maximum Gasteiger partial charge on any atom is 1.00 e. The minimum Gasteiger partial charge on any atom is -1.00 e. The van der Waals surface area contributed by atoms with Crippen LogP contribution in [0.3, 0.4) is 0 Å². The molecule has 0 spiro atoms. The van der Waals surface area contributed by atoms with E-state index in [1.165, 1.54) is 42.9 Å². The largest absolute Gasteiger partial charge is 1.00 e. The average molecular weight is 414 g/mol. The fourth-order valence-electron chi connectivity index (χ4n) is 2.30. The monoisotopic (exact) mass is 413 g/mol. The van der Waals surface area contributed by atoms with Crippen LogP contribution in [0, 0.1) is 0 Å². The number of amides is 1. The molecule has 1 heterocycles. The van der Waals surface area contributed by atoms with Crippen LogP contribution in [0.4, 0.5) is 5.69 Å². The fraction of sp³-hybridized carbons (Fsp3) is 0.0526. The van der Waals surface area contributed by atoms with E-state index in [2.05, 4.69) is 5.32 Å². The van der Waals surface area contributed by atoms with Crippen molar-refractivity contribution in [2.24, 2.45) is 0 Å². The van der Waals surface area contributed by atoms with Crippen molar-refractivity contribution in [3.63, 3.8) is 0 Å². The van der Waals surface area contributed by atoms with Gasteiger partial charge in [-0.1, -0.05) is 23.2 Å². The minimum absolute atomic E-state index is 0. The van der Waals surface area contributed by atoms with Gasteiger partial charge in [0.25, 0.3) is 5.91 Å². The number of carbonyl (C=O) groups excluding carboxylic acids is 1. The molecule has 0 unspecified atom stereocenters. The fourth-order valence-corrected chi connectivity index (χ4v) is 2.80. The zero-order valence-corrected chi connectivity index (χ0v) is 16.3. The second-order valence-electron chi connectivity index (χ2n) is 5.51. The maximum absolute atomic E-state index is 12.4. The number of aromatic carboxylic acids is 1. The average Bonchev–Trinajstić information content (AvgIpc) is 3.14. The summed E-state index contributed by atoms with van der Waals surface area (Å²) < 4.78 is 10.5. The number of carboxylic acid groups (broad SMARTS) is 1. The molecular weight excluding hydrogens is 400 g/mol. The van der Waals surface area contributed by atoms with Crippen LogP contribution < -0.4 is 28.9 Å². The quantitative estimate of drug-likeness (QED) is 0.605. The van der Waals surface area contributed by atoms with Crippen LogP contribution in [0.5, 0.6) is 5.75 Å². The van der Waals surface area contributed by atoms with E-state index < -0.39 is 11.9 Å². The first-order valence-corrected chi connectivity index (χ1v) is 8.47. The zero-order chi connectivity index (χ0) is 19.4. The third kappa shape index (κ3) is 5.34. The summed E-state index contributed by atoms with van der Waals surface area (Å²) >= 11 is 11.8. The number of ether oxygens (including phenoxy) is 1. The standard InChI is InChI=1S/C19H13Cl2NO5.Li.H/c20-12-1-3-14(16(21)7-12)18(23)22-17-4-2-13(8-15(17)19(24)25)27-10-11-5-6-26-9-11;;/h1-9H,10H2,(H,22,23)(H,24,25);;/q;+1;-1. The zero-order valence-electron chi connectivity index (χ0n) is 15.7. The van der Waals surface area contributed by atoms with Crippen LogP contribution in [-0.2, 0) is 6.61 Å². The van der Waals surface area contributed by atoms with Crippen LogP contribution in [-0.4, -0.2) is 17.0 Å². The molecular formula is C19H14Cl2LiNO5. The van der Waals surface area contributed by atoms with E-state index in [1.807, 2.05) is 0 Å². The van der Waals surface area contributed by atoms with E-state index in [-0.39, 0.29) is 48.7 Å². The SMILES string of the molecule is O=C(Nc1ccc(OCc2ccoc2)cc1C(=O)O)c1ccc(Cl)cc1Cl.[H-].[Li+]. The van der Waals surface area contributed by atoms with Crippen LogP contribution in [0.25, 0.3) is 0 Å². The number of hydrogen-bond donors (Lipinski definition) is 2. The Morgan fingerprint density at radius 2 is 1.89 bits per heavy atom. The molecule has 6 nitrogen and oxygen atoms in total. The van der Waals surface area contributed by atoms with Crippen LogP contribution in [0.1, 0.15) is 27.7 Å². The molecule has 0 fully saturated rings. The Balaban J connectivity index is 0.00000210. The molecule has 2 N–H and O–H groups in total. The van der Waals surface area contributed by atoms with Crippen molar-refractivity contribution < 1.29 is 44.1 Å². The molecule has 0 aliphatic heterocycles. The van der Waals surface area contributed by atoms with Gasteiger partial charge in [-0.3, -0.25) is 4.79 Å². The van der Waals surface area contributed by atoms with Crippen molar-refractivity contribution in [2.45, 2.75) is 6.61 Å². The Labute approximate surface area is 184 Å². The molecule has 140 valence electrons. The molecule has 0 saturated carbocycles. The minimum atomic E-state index is -1.21. The Morgan fingerprint density at radius 1 is 1.11 bits per heavy atom. The van der Waals surface area contributed by atoms with E-state index in [4.69, 9.17) is 32.4 Å². The van der Waals surface area contributed by atoms with Crippen molar-refractivity contribution in [2.75, 3.05) is 5.32 Å². The molecule has 3 rings (SSSR count). The van der Waals surface area contributed by atoms with Gasteiger partial charge in [-0.2, -0.15) is 0 Å². The summed E-state index contributed by atoms with van der Waals surface area (Å²) in [5.74, 6) is -1.41. The molecule has 0 saturated heterocycles. The first-order chi connectivity index (χ1) is 12.9. The summed E-state index contributed by atoms with van der Waals surface area (Å²) in [5, 5.41) is 12.6. The van der Waals surface area contributed by atoms with Crippen molar-refractivity contribution in [1.29, 1.82) is 0 Å². The van der Waals surface area contributed by atoms with Gasteiger partial charge >= 0.3 is 24.8 Å². The molecule has 0 aliphatic carbocycles. The summed E-state index contributed by atoms with van der Waals surface area (Å²) in [6, 6.07) is 10.5. The molecule has 9 heteroatoms. The number of carboxylic acids is 1. The Hall–Kier alpha value is -2.36. The number of benzene rings is 2. The van der Waals surface area contributed by atoms with Gasteiger partial charge in [0.15, 0.2) is 0 Å². The molecule has 28 heavy (non-hydrogen) atoms. The number of hydrogen-bond acceptors (Lipinski definition) is 4. The summed E-state index contributed by atoms with van der Waals surface area (Å²) in [6.45, 7) is 0.224. The van der Waals surface area contributed by atoms with Gasteiger partial charge in [0.1, 0.15) is 12.4 Å². The van der Waals surface area contributed by atoms with E-state index >= 15 is 0 Å². The van der Waals surface area contributed by atoms with Crippen molar-refractivity contribution in [3.8, 4) is 5.75 Å².